The lowest BCUT2D eigenvalue weighted by Gasteiger charge is -2.25. The van der Waals surface area contributed by atoms with Crippen LogP contribution in [-0.2, 0) is 14.4 Å². The van der Waals surface area contributed by atoms with Gasteiger partial charge in [0, 0.05) is 13.0 Å². The molecule has 1 aromatic carbocycles. The van der Waals surface area contributed by atoms with E-state index in [0.717, 1.165) is 5.56 Å². The van der Waals surface area contributed by atoms with Crippen LogP contribution in [0.1, 0.15) is 31.9 Å². The molecule has 3 atom stereocenters. The largest absolute Gasteiger partial charge is 0.480 e. The Morgan fingerprint density at radius 1 is 1.27 bits per heavy atom. The Bertz CT molecular complexity index is 573. The van der Waals surface area contributed by atoms with Crippen molar-refractivity contribution in [1.82, 2.24) is 10.2 Å². The number of carboxylic acids is 1. The average Bonchev–Trinajstić information content (AvgIpc) is 2.89. The number of amides is 2. The first kappa shape index (κ1) is 16.0. The highest BCUT2D eigenvalue weighted by Crippen LogP contribution is 2.28. The van der Waals surface area contributed by atoms with Gasteiger partial charge in [-0.15, -0.1) is 0 Å². The summed E-state index contributed by atoms with van der Waals surface area (Å²) in [6, 6.07) is 8.55. The standard InChI is InChI=1S/C16H20N2O4/c1-10(16(21)22)17-15(20)13-8-14(19)18(9-13)11(2)12-6-4-3-5-7-12/h3-7,10-11,13H,8-9H2,1-2H3,(H,17,20)(H,21,22)/t10-,11?,13?/m1/s1. The van der Waals surface area contributed by atoms with E-state index in [0.29, 0.717) is 6.54 Å². The molecule has 1 fully saturated rings. The van der Waals surface area contributed by atoms with E-state index in [2.05, 4.69) is 5.32 Å². The first-order valence-corrected chi connectivity index (χ1v) is 7.27. The van der Waals surface area contributed by atoms with Crippen LogP contribution in [0, 0.1) is 5.92 Å². The number of carbonyl (C=O) groups is 3. The van der Waals surface area contributed by atoms with Gasteiger partial charge in [0.2, 0.25) is 11.8 Å². The smallest absolute Gasteiger partial charge is 0.325 e. The molecule has 0 spiro atoms. The minimum Gasteiger partial charge on any atom is -0.480 e. The van der Waals surface area contributed by atoms with Gasteiger partial charge in [0.05, 0.1) is 12.0 Å². The number of likely N-dealkylation sites (tertiary alicyclic amines) is 1. The highest BCUT2D eigenvalue weighted by Gasteiger charge is 2.37. The average molecular weight is 304 g/mol. The van der Waals surface area contributed by atoms with E-state index in [-0.39, 0.29) is 24.3 Å². The Morgan fingerprint density at radius 3 is 2.50 bits per heavy atom. The number of benzene rings is 1. The van der Waals surface area contributed by atoms with Gasteiger partial charge in [-0.2, -0.15) is 0 Å². The van der Waals surface area contributed by atoms with Crippen molar-refractivity contribution in [3.05, 3.63) is 35.9 Å². The van der Waals surface area contributed by atoms with Crippen molar-refractivity contribution < 1.29 is 19.5 Å². The number of carbonyl (C=O) groups excluding carboxylic acids is 2. The van der Waals surface area contributed by atoms with E-state index in [1.807, 2.05) is 37.3 Å². The topological polar surface area (TPSA) is 86.7 Å². The third kappa shape index (κ3) is 3.44. The van der Waals surface area contributed by atoms with Gasteiger partial charge in [0.25, 0.3) is 0 Å². The van der Waals surface area contributed by atoms with Gasteiger partial charge in [-0.05, 0) is 19.4 Å². The molecule has 2 rings (SSSR count). The summed E-state index contributed by atoms with van der Waals surface area (Å²) in [6.07, 6.45) is 0.120. The number of hydrogen-bond acceptors (Lipinski definition) is 3. The third-order valence-electron chi connectivity index (χ3n) is 4.01. The summed E-state index contributed by atoms with van der Waals surface area (Å²) >= 11 is 0. The molecule has 0 aliphatic carbocycles. The van der Waals surface area contributed by atoms with Crippen LogP contribution in [0.2, 0.25) is 0 Å². The molecule has 6 heteroatoms. The molecule has 1 saturated heterocycles. The lowest BCUT2D eigenvalue weighted by molar-refractivity contribution is -0.141. The van der Waals surface area contributed by atoms with E-state index in [1.54, 1.807) is 4.90 Å². The van der Waals surface area contributed by atoms with Crippen molar-refractivity contribution in [3.8, 4) is 0 Å². The second-order valence-electron chi connectivity index (χ2n) is 5.60. The molecule has 6 nitrogen and oxygen atoms in total. The molecule has 1 aromatic rings. The molecule has 2 amide bonds. The number of nitrogens with zero attached hydrogens (tertiary/aromatic N) is 1. The minimum absolute atomic E-state index is 0.0838. The van der Waals surface area contributed by atoms with E-state index in [4.69, 9.17) is 5.11 Å². The molecule has 1 aliphatic rings. The maximum absolute atomic E-state index is 12.2. The molecule has 1 aliphatic heterocycles. The minimum atomic E-state index is -1.09. The third-order valence-corrected chi connectivity index (χ3v) is 4.01. The second kappa shape index (κ2) is 6.60. The van der Waals surface area contributed by atoms with Crippen molar-refractivity contribution in [3.63, 3.8) is 0 Å². The maximum Gasteiger partial charge on any atom is 0.325 e. The Balaban J connectivity index is 2.01. The number of carboxylic acid groups (broad SMARTS) is 1. The van der Waals surface area contributed by atoms with Gasteiger partial charge in [-0.1, -0.05) is 30.3 Å². The lowest BCUT2D eigenvalue weighted by atomic mass is 10.1. The van der Waals surface area contributed by atoms with Crippen molar-refractivity contribution in [2.75, 3.05) is 6.54 Å². The van der Waals surface area contributed by atoms with E-state index >= 15 is 0 Å². The van der Waals surface area contributed by atoms with E-state index in [9.17, 15) is 14.4 Å². The zero-order chi connectivity index (χ0) is 16.3. The van der Waals surface area contributed by atoms with Crippen LogP contribution >= 0.6 is 0 Å². The van der Waals surface area contributed by atoms with Gasteiger partial charge >= 0.3 is 5.97 Å². The fraction of sp³-hybridized carbons (Fsp3) is 0.438. The van der Waals surface area contributed by atoms with Crippen LogP contribution in [0.4, 0.5) is 0 Å². The molecule has 0 saturated carbocycles. The van der Waals surface area contributed by atoms with Crippen LogP contribution in [0.25, 0.3) is 0 Å². The number of aliphatic carboxylic acids is 1. The molecular formula is C16H20N2O4. The van der Waals surface area contributed by atoms with Crippen LogP contribution in [0.3, 0.4) is 0 Å². The van der Waals surface area contributed by atoms with Crippen molar-refractivity contribution >= 4 is 17.8 Å². The molecular weight excluding hydrogens is 284 g/mol. The molecule has 118 valence electrons. The highest BCUT2D eigenvalue weighted by molar-refractivity contribution is 5.91. The monoisotopic (exact) mass is 304 g/mol. The van der Waals surface area contributed by atoms with Crippen LogP contribution < -0.4 is 5.32 Å². The summed E-state index contributed by atoms with van der Waals surface area (Å²) in [6.45, 7) is 3.64. The summed E-state index contributed by atoms with van der Waals surface area (Å²) in [5.41, 5.74) is 1.01. The van der Waals surface area contributed by atoms with E-state index in [1.165, 1.54) is 6.92 Å². The second-order valence-corrected chi connectivity index (χ2v) is 5.60. The Morgan fingerprint density at radius 2 is 1.91 bits per heavy atom. The zero-order valence-electron chi connectivity index (χ0n) is 12.7. The van der Waals surface area contributed by atoms with Crippen LogP contribution in [0.5, 0.6) is 0 Å². The molecule has 2 unspecified atom stereocenters. The van der Waals surface area contributed by atoms with Crippen LogP contribution in [0.15, 0.2) is 30.3 Å². The van der Waals surface area contributed by atoms with Crippen molar-refractivity contribution in [2.24, 2.45) is 5.92 Å². The van der Waals surface area contributed by atoms with Gasteiger partial charge in [0.1, 0.15) is 6.04 Å². The lowest BCUT2D eigenvalue weighted by Crippen LogP contribution is -2.42. The predicted octanol–water partition coefficient (Wildman–Crippen LogP) is 1.19. The van der Waals surface area contributed by atoms with Crippen LogP contribution in [-0.4, -0.2) is 40.4 Å². The number of hydrogen-bond donors (Lipinski definition) is 2. The Kier molecular flexibility index (Phi) is 4.80. The summed E-state index contributed by atoms with van der Waals surface area (Å²) in [5, 5.41) is 11.2. The Labute approximate surface area is 129 Å². The summed E-state index contributed by atoms with van der Waals surface area (Å²) in [4.78, 5) is 36.7. The first-order chi connectivity index (χ1) is 10.4. The molecule has 0 radical (unpaired) electrons. The quantitative estimate of drug-likeness (QED) is 0.855. The Hall–Kier alpha value is -2.37. The zero-order valence-corrected chi connectivity index (χ0v) is 12.7. The van der Waals surface area contributed by atoms with Gasteiger partial charge in [0.15, 0.2) is 0 Å². The fourth-order valence-electron chi connectivity index (χ4n) is 2.59. The predicted molar refractivity (Wildman–Crippen MR) is 79.9 cm³/mol. The maximum atomic E-state index is 12.2. The summed E-state index contributed by atoms with van der Waals surface area (Å²) in [7, 11) is 0. The normalized spacial score (nSPS) is 20.5. The SMILES string of the molecule is CC(c1ccccc1)N1CC(C(=O)N[C@H](C)C(=O)O)CC1=O. The number of rotatable bonds is 5. The van der Waals surface area contributed by atoms with Gasteiger partial charge < -0.3 is 15.3 Å². The van der Waals surface area contributed by atoms with Gasteiger partial charge in [-0.25, -0.2) is 0 Å². The highest BCUT2D eigenvalue weighted by atomic mass is 16.4. The molecule has 0 bridgehead atoms. The summed E-state index contributed by atoms with van der Waals surface area (Å²) < 4.78 is 0. The molecule has 22 heavy (non-hydrogen) atoms. The van der Waals surface area contributed by atoms with Crippen molar-refractivity contribution in [2.45, 2.75) is 32.4 Å². The van der Waals surface area contributed by atoms with Crippen molar-refractivity contribution in [1.29, 1.82) is 0 Å². The molecule has 1 heterocycles. The fourth-order valence-corrected chi connectivity index (χ4v) is 2.59. The first-order valence-electron chi connectivity index (χ1n) is 7.27. The van der Waals surface area contributed by atoms with Gasteiger partial charge in [-0.3, -0.25) is 14.4 Å². The summed E-state index contributed by atoms with van der Waals surface area (Å²) in [5.74, 6) is -2.06. The van der Waals surface area contributed by atoms with E-state index < -0.39 is 17.9 Å². The molecule has 2 N–H and O–H groups in total. The number of nitrogens with one attached hydrogen (secondary N) is 1. The molecule has 0 aromatic heterocycles.